The molecule has 0 radical (unpaired) electrons. The SMILES string of the molecule is N#CC1C=Cc2oc3ccc(Br)cc3c(=O)c2C1. The molecule has 4 heteroatoms. The Morgan fingerprint density at radius 1 is 1.44 bits per heavy atom. The predicted molar refractivity (Wildman–Crippen MR) is 72.0 cm³/mol. The summed E-state index contributed by atoms with van der Waals surface area (Å²) in [4.78, 5) is 12.4. The first-order valence-corrected chi connectivity index (χ1v) is 6.31. The summed E-state index contributed by atoms with van der Waals surface area (Å²) in [5.41, 5.74) is 1.12. The Balaban J connectivity index is 2.33. The molecule has 0 spiro atoms. The van der Waals surface area contributed by atoms with Crippen molar-refractivity contribution in [3.8, 4) is 6.07 Å². The van der Waals surface area contributed by atoms with Crippen LogP contribution in [0.4, 0.5) is 0 Å². The van der Waals surface area contributed by atoms with Crippen LogP contribution >= 0.6 is 15.9 Å². The molecule has 0 fully saturated rings. The highest BCUT2D eigenvalue weighted by molar-refractivity contribution is 9.10. The zero-order valence-electron chi connectivity index (χ0n) is 9.31. The van der Waals surface area contributed by atoms with Crippen LogP contribution in [0.2, 0.25) is 0 Å². The van der Waals surface area contributed by atoms with Gasteiger partial charge in [-0.15, -0.1) is 0 Å². The van der Waals surface area contributed by atoms with Crippen molar-refractivity contribution in [2.24, 2.45) is 5.92 Å². The van der Waals surface area contributed by atoms with E-state index in [0.717, 1.165) is 4.47 Å². The van der Waals surface area contributed by atoms with Crippen molar-refractivity contribution >= 4 is 33.0 Å². The van der Waals surface area contributed by atoms with Crippen LogP contribution in [-0.2, 0) is 6.42 Å². The van der Waals surface area contributed by atoms with E-state index in [1.165, 1.54) is 0 Å². The molecular formula is C14H8BrNO2. The minimum atomic E-state index is -0.245. The first-order valence-electron chi connectivity index (χ1n) is 5.52. The van der Waals surface area contributed by atoms with Crippen molar-refractivity contribution in [1.82, 2.24) is 0 Å². The summed E-state index contributed by atoms with van der Waals surface area (Å²) < 4.78 is 6.53. The minimum absolute atomic E-state index is 0.0443. The van der Waals surface area contributed by atoms with Crippen LogP contribution < -0.4 is 5.43 Å². The average molecular weight is 302 g/mol. The first-order chi connectivity index (χ1) is 8.69. The molecule has 3 nitrogen and oxygen atoms in total. The van der Waals surface area contributed by atoms with E-state index in [0.29, 0.717) is 28.7 Å². The van der Waals surface area contributed by atoms with Crippen LogP contribution in [0.5, 0.6) is 0 Å². The van der Waals surface area contributed by atoms with Crippen LogP contribution in [0, 0.1) is 17.2 Å². The Kier molecular flexibility index (Phi) is 2.57. The number of hydrogen-bond donors (Lipinski definition) is 0. The van der Waals surface area contributed by atoms with Gasteiger partial charge in [0, 0.05) is 10.0 Å². The number of nitrogens with zero attached hydrogens (tertiary/aromatic N) is 1. The van der Waals surface area contributed by atoms with E-state index >= 15 is 0 Å². The van der Waals surface area contributed by atoms with Gasteiger partial charge in [-0.3, -0.25) is 4.79 Å². The monoisotopic (exact) mass is 301 g/mol. The van der Waals surface area contributed by atoms with E-state index in [1.54, 1.807) is 24.3 Å². The topological polar surface area (TPSA) is 54.0 Å². The van der Waals surface area contributed by atoms with Gasteiger partial charge < -0.3 is 4.42 Å². The Morgan fingerprint density at radius 2 is 2.28 bits per heavy atom. The molecule has 1 unspecified atom stereocenters. The van der Waals surface area contributed by atoms with Crippen molar-refractivity contribution in [3.05, 3.63) is 50.3 Å². The standard InChI is InChI=1S/C14H8BrNO2/c15-9-2-4-13-11(6-9)14(17)10-5-8(7-16)1-3-12(10)18-13/h1-4,6,8H,5H2. The lowest BCUT2D eigenvalue weighted by Crippen LogP contribution is -2.17. The molecule has 1 aromatic carbocycles. The molecule has 1 aromatic heterocycles. The van der Waals surface area contributed by atoms with Crippen molar-refractivity contribution < 1.29 is 4.42 Å². The Labute approximate surface area is 111 Å². The van der Waals surface area contributed by atoms with Crippen LogP contribution in [0.25, 0.3) is 17.0 Å². The van der Waals surface area contributed by atoms with Gasteiger partial charge in [0.15, 0.2) is 5.43 Å². The normalized spacial score (nSPS) is 17.4. The van der Waals surface area contributed by atoms with E-state index in [4.69, 9.17) is 9.68 Å². The lowest BCUT2D eigenvalue weighted by Gasteiger charge is -2.13. The summed E-state index contributed by atoms with van der Waals surface area (Å²) in [5.74, 6) is 0.325. The predicted octanol–water partition coefficient (Wildman–Crippen LogP) is 3.26. The Hall–Kier alpha value is -1.86. The Bertz CT molecular complexity index is 768. The maximum Gasteiger partial charge on any atom is 0.196 e. The second-order valence-corrected chi connectivity index (χ2v) is 5.13. The minimum Gasteiger partial charge on any atom is -0.456 e. The smallest absolute Gasteiger partial charge is 0.196 e. The molecule has 0 N–H and O–H groups in total. The highest BCUT2D eigenvalue weighted by Crippen LogP contribution is 2.25. The molecule has 1 atom stereocenters. The van der Waals surface area contributed by atoms with Crippen molar-refractivity contribution in [2.75, 3.05) is 0 Å². The highest BCUT2D eigenvalue weighted by Gasteiger charge is 2.20. The van der Waals surface area contributed by atoms with E-state index in [1.807, 2.05) is 6.07 Å². The van der Waals surface area contributed by atoms with Gasteiger partial charge >= 0.3 is 0 Å². The largest absolute Gasteiger partial charge is 0.456 e. The number of halogens is 1. The van der Waals surface area contributed by atoms with Crippen molar-refractivity contribution in [3.63, 3.8) is 0 Å². The molecule has 18 heavy (non-hydrogen) atoms. The quantitative estimate of drug-likeness (QED) is 0.750. The fraction of sp³-hybridized carbons (Fsp3) is 0.143. The molecule has 2 aromatic rings. The van der Waals surface area contributed by atoms with Gasteiger partial charge in [-0.25, -0.2) is 0 Å². The Morgan fingerprint density at radius 3 is 3.06 bits per heavy atom. The molecule has 0 saturated carbocycles. The third kappa shape index (κ3) is 1.68. The summed E-state index contributed by atoms with van der Waals surface area (Å²) in [6.07, 6.45) is 3.92. The molecule has 88 valence electrons. The molecule has 0 saturated heterocycles. The molecule has 1 heterocycles. The summed E-state index contributed by atoms with van der Waals surface area (Å²) in [7, 11) is 0. The number of nitriles is 1. The molecule has 1 aliphatic rings. The fourth-order valence-corrected chi connectivity index (χ4v) is 2.49. The maximum atomic E-state index is 12.4. The van der Waals surface area contributed by atoms with Crippen LogP contribution in [0.1, 0.15) is 11.3 Å². The molecule has 0 amide bonds. The van der Waals surface area contributed by atoms with Gasteiger partial charge in [-0.05, 0) is 30.7 Å². The zero-order chi connectivity index (χ0) is 12.7. The van der Waals surface area contributed by atoms with Crippen LogP contribution in [0.15, 0.2) is 38.0 Å². The second-order valence-electron chi connectivity index (χ2n) is 4.21. The summed E-state index contributed by atoms with van der Waals surface area (Å²) in [5, 5.41) is 9.47. The zero-order valence-corrected chi connectivity index (χ0v) is 10.9. The highest BCUT2D eigenvalue weighted by atomic mass is 79.9. The maximum absolute atomic E-state index is 12.4. The third-order valence-corrected chi connectivity index (χ3v) is 3.54. The third-order valence-electron chi connectivity index (χ3n) is 3.05. The number of benzene rings is 1. The van der Waals surface area contributed by atoms with Crippen molar-refractivity contribution in [2.45, 2.75) is 6.42 Å². The van der Waals surface area contributed by atoms with Crippen LogP contribution in [-0.4, -0.2) is 0 Å². The summed E-state index contributed by atoms with van der Waals surface area (Å²) >= 11 is 3.34. The number of hydrogen-bond acceptors (Lipinski definition) is 3. The van der Waals surface area contributed by atoms with Gasteiger partial charge in [0.05, 0.1) is 17.4 Å². The second kappa shape index (κ2) is 4.11. The molecular weight excluding hydrogens is 294 g/mol. The fourth-order valence-electron chi connectivity index (χ4n) is 2.13. The van der Waals surface area contributed by atoms with Gasteiger partial charge in [0.1, 0.15) is 11.3 Å². The van der Waals surface area contributed by atoms with E-state index in [9.17, 15) is 4.79 Å². The molecule has 3 rings (SSSR count). The van der Waals surface area contributed by atoms with E-state index in [2.05, 4.69) is 22.0 Å². The van der Waals surface area contributed by atoms with E-state index < -0.39 is 0 Å². The van der Waals surface area contributed by atoms with Crippen LogP contribution in [0.3, 0.4) is 0 Å². The molecule has 0 bridgehead atoms. The lowest BCUT2D eigenvalue weighted by molar-refractivity contribution is 0.570. The lowest BCUT2D eigenvalue weighted by atomic mass is 9.93. The van der Waals surface area contributed by atoms with Crippen molar-refractivity contribution in [1.29, 1.82) is 5.26 Å². The summed E-state index contributed by atoms with van der Waals surface area (Å²) in [6.45, 7) is 0. The molecule has 0 aliphatic heterocycles. The summed E-state index contributed by atoms with van der Waals surface area (Å²) in [6, 6.07) is 7.51. The average Bonchev–Trinajstić information content (AvgIpc) is 2.40. The van der Waals surface area contributed by atoms with Gasteiger partial charge in [0.2, 0.25) is 0 Å². The van der Waals surface area contributed by atoms with Gasteiger partial charge in [0.25, 0.3) is 0 Å². The van der Waals surface area contributed by atoms with Gasteiger partial charge in [-0.2, -0.15) is 5.26 Å². The number of fused-ring (bicyclic) bond motifs is 2. The van der Waals surface area contributed by atoms with Gasteiger partial charge in [-0.1, -0.05) is 22.0 Å². The number of allylic oxidation sites excluding steroid dienone is 1. The van der Waals surface area contributed by atoms with E-state index in [-0.39, 0.29) is 11.3 Å². The first kappa shape index (κ1) is 11.2. The number of rotatable bonds is 0. The molecule has 1 aliphatic carbocycles.